The fraction of sp³-hybridized carbons (Fsp3) is 0.235. The van der Waals surface area contributed by atoms with Crippen molar-refractivity contribution in [2.24, 2.45) is 10.7 Å². The summed E-state index contributed by atoms with van der Waals surface area (Å²) in [6, 6.07) is 11.8. The van der Waals surface area contributed by atoms with Gasteiger partial charge in [-0.2, -0.15) is 0 Å². The lowest BCUT2D eigenvalue weighted by Crippen LogP contribution is -2.23. The molecule has 0 bridgehead atoms. The zero-order chi connectivity index (χ0) is 16.7. The summed E-state index contributed by atoms with van der Waals surface area (Å²) >= 11 is 0. The van der Waals surface area contributed by atoms with Gasteiger partial charge in [0.1, 0.15) is 17.3 Å². The van der Waals surface area contributed by atoms with Gasteiger partial charge < -0.3 is 20.5 Å². The minimum absolute atomic E-state index is 0.251. The Morgan fingerprint density at radius 1 is 1.17 bits per heavy atom. The lowest BCUT2D eigenvalue weighted by molar-refractivity contribution is 0.405. The van der Waals surface area contributed by atoms with Crippen molar-refractivity contribution in [2.45, 2.75) is 6.42 Å². The molecule has 0 radical (unpaired) electrons. The lowest BCUT2D eigenvalue weighted by Gasteiger charge is -2.12. The first kappa shape index (κ1) is 16.6. The Bertz CT molecular complexity index is 689. The molecular formula is C17H20FN3O2. The van der Waals surface area contributed by atoms with Gasteiger partial charge in [0.15, 0.2) is 5.96 Å². The number of anilines is 1. The van der Waals surface area contributed by atoms with Crippen LogP contribution in [0.4, 0.5) is 10.1 Å². The van der Waals surface area contributed by atoms with E-state index in [1.54, 1.807) is 38.5 Å². The van der Waals surface area contributed by atoms with E-state index in [9.17, 15) is 4.39 Å². The maximum atomic E-state index is 13.1. The van der Waals surface area contributed by atoms with E-state index < -0.39 is 0 Å². The summed E-state index contributed by atoms with van der Waals surface area (Å²) in [6.45, 7) is 0.453. The predicted octanol–water partition coefficient (Wildman–Crippen LogP) is 2.81. The number of ether oxygens (including phenoxy) is 2. The monoisotopic (exact) mass is 317 g/mol. The molecule has 0 aliphatic rings. The fourth-order valence-electron chi connectivity index (χ4n) is 2.09. The second-order valence-corrected chi connectivity index (χ2v) is 4.84. The first-order valence-electron chi connectivity index (χ1n) is 7.16. The molecule has 0 aromatic heterocycles. The molecule has 0 amide bonds. The molecule has 0 heterocycles. The zero-order valence-electron chi connectivity index (χ0n) is 13.2. The second kappa shape index (κ2) is 8.03. The van der Waals surface area contributed by atoms with E-state index >= 15 is 0 Å². The molecule has 0 unspecified atom stereocenters. The number of halogens is 1. The standard InChI is InChI=1S/C17H20FN3O2/c1-22-14-6-7-16(23-2)15(11-14)21-17(19)20-9-8-12-4-3-5-13(18)10-12/h3-7,10-11H,8-9H2,1-2H3,(H3,19,20,21). The number of nitrogens with one attached hydrogen (secondary N) is 1. The number of hydrogen-bond acceptors (Lipinski definition) is 3. The molecule has 23 heavy (non-hydrogen) atoms. The SMILES string of the molecule is COc1ccc(OC)c(NC(N)=NCCc2cccc(F)c2)c1. The van der Waals surface area contributed by atoms with Gasteiger partial charge in [0.05, 0.1) is 19.9 Å². The van der Waals surface area contributed by atoms with Crippen LogP contribution in [0, 0.1) is 5.82 Å². The van der Waals surface area contributed by atoms with E-state index in [2.05, 4.69) is 10.3 Å². The molecule has 2 aromatic carbocycles. The first-order chi connectivity index (χ1) is 11.1. The van der Waals surface area contributed by atoms with Crippen molar-refractivity contribution in [1.29, 1.82) is 0 Å². The highest BCUT2D eigenvalue weighted by molar-refractivity contribution is 5.94. The van der Waals surface area contributed by atoms with Gasteiger partial charge in [0.2, 0.25) is 0 Å². The van der Waals surface area contributed by atoms with Crippen LogP contribution < -0.4 is 20.5 Å². The van der Waals surface area contributed by atoms with Crippen LogP contribution in [-0.2, 0) is 6.42 Å². The Balaban J connectivity index is 1.99. The minimum Gasteiger partial charge on any atom is -0.497 e. The molecule has 0 saturated carbocycles. The molecule has 0 spiro atoms. The van der Waals surface area contributed by atoms with Crippen molar-refractivity contribution in [3.05, 3.63) is 53.8 Å². The van der Waals surface area contributed by atoms with Gasteiger partial charge in [-0.05, 0) is 36.2 Å². The average Bonchev–Trinajstić information content (AvgIpc) is 2.55. The van der Waals surface area contributed by atoms with Crippen LogP contribution in [0.15, 0.2) is 47.5 Å². The Hall–Kier alpha value is -2.76. The summed E-state index contributed by atoms with van der Waals surface area (Å²) < 4.78 is 23.5. The first-order valence-corrected chi connectivity index (χ1v) is 7.16. The van der Waals surface area contributed by atoms with Crippen molar-refractivity contribution in [3.63, 3.8) is 0 Å². The maximum absolute atomic E-state index is 13.1. The van der Waals surface area contributed by atoms with Gasteiger partial charge in [-0.3, -0.25) is 4.99 Å². The quantitative estimate of drug-likeness (QED) is 0.635. The number of aliphatic imine (C=N–C) groups is 1. The number of nitrogens with two attached hydrogens (primary N) is 1. The Kier molecular flexibility index (Phi) is 5.80. The highest BCUT2D eigenvalue weighted by Gasteiger charge is 2.06. The molecule has 0 fully saturated rings. The fourth-order valence-corrected chi connectivity index (χ4v) is 2.09. The number of guanidine groups is 1. The predicted molar refractivity (Wildman–Crippen MR) is 89.8 cm³/mol. The van der Waals surface area contributed by atoms with Crippen LogP contribution >= 0.6 is 0 Å². The summed E-state index contributed by atoms with van der Waals surface area (Å²) in [7, 11) is 3.16. The second-order valence-electron chi connectivity index (χ2n) is 4.84. The van der Waals surface area contributed by atoms with Crippen LogP contribution in [-0.4, -0.2) is 26.7 Å². The highest BCUT2D eigenvalue weighted by Crippen LogP contribution is 2.28. The van der Waals surface area contributed by atoms with Crippen molar-refractivity contribution in [1.82, 2.24) is 0 Å². The lowest BCUT2D eigenvalue weighted by atomic mass is 10.1. The molecule has 3 N–H and O–H groups in total. The molecule has 0 atom stereocenters. The van der Waals surface area contributed by atoms with Crippen molar-refractivity contribution in [2.75, 3.05) is 26.1 Å². The van der Waals surface area contributed by atoms with Crippen molar-refractivity contribution in [3.8, 4) is 11.5 Å². The van der Waals surface area contributed by atoms with Gasteiger partial charge in [0, 0.05) is 12.6 Å². The van der Waals surface area contributed by atoms with Crippen LogP contribution in [0.2, 0.25) is 0 Å². The minimum atomic E-state index is -0.251. The van der Waals surface area contributed by atoms with Gasteiger partial charge in [-0.25, -0.2) is 4.39 Å². The molecule has 5 nitrogen and oxygen atoms in total. The number of nitrogens with zero attached hydrogens (tertiary/aromatic N) is 1. The highest BCUT2D eigenvalue weighted by atomic mass is 19.1. The van der Waals surface area contributed by atoms with E-state index in [4.69, 9.17) is 15.2 Å². The summed E-state index contributed by atoms with van der Waals surface area (Å²) in [5.41, 5.74) is 7.42. The van der Waals surface area contributed by atoms with Gasteiger partial charge in [-0.15, -0.1) is 0 Å². The average molecular weight is 317 g/mol. The van der Waals surface area contributed by atoms with E-state index in [-0.39, 0.29) is 11.8 Å². The third-order valence-electron chi connectivity index (χ3n) is 3.24. The number of methoxy groups -OCH3 is 2. The van der Waals surface area contributed by atoms with Crippen molar-refractivity contribution < 1.29 is 13.9 Å². The third-order valence-corrected chi connectivity index (χ3v) is 3.24. The normalized spacial score (nSPS) is 11.2. The van der Waals surface area contributed by atoms with Crippen LogP contribution in [0.5, 0.6) is 11.5 Å². The molecular weight excluding hydrogens is 297 g/mol. The molecule has 122 valence electrons. The molecule has 6 heteroatoms. The molecule has 0 aliphatic heterocycles. The van der Waals surface area contributed by atoms with Gasteiger partial charge in [-0.1, -0.05) is 12.1 Å². The summed E-state index contributed by atoms with van der Waals surface area (Å²) in [5.74, 6) is 1.32. The summed E-state index contributed by atoms with van der Waals surface area (Å²) in [4.78, 5) is 4.24. The van der Waals surface area contributed by atoms with Crippen molar-refractivity contribution >= 4 is 11.6 Å². The summed E-state index contributed by atoms with van der Waals surface area (Å²) in [6.07, 6.45) is 0.607. The van der Waals surface area contributed by atoms with E-state index in [1.165, 1.54) is 12.1 Å². The zero-order valence-corrected chi connectivity index (χ0v) is 13.2. The largest absolute Gasteiger partial charge is 0.497 e. The molecule has 0 saturated heterocycles. The van der Waals surface area contributed by atoms with E-state index in [1.807, 2.05) is 6.07 Å². The van der Waals surface area contributed by atoms with Crippen LogP contribution in [0.25, 0.3) is 0 Å². The van der Waals surface area contributed by atoms with E-state index in [0.29, 0.717) is 30.2 Å². The topological polar surface area (TPSA) is 68.9 Å². The van der Waals surface area contributed by atoms with Gasteiger partial charge >= 0.3 is 0 Å². The Morgan fingerprint density at radius 2 is 2.00 bits per heavy atom. The number of hydrogen-bond donors (Lipinski definition) is 2. The van der Waals surface area contributed by atoms with Crippen LogP contribution in [0.1, 0.15) is 5.56 Å². The number of benzene rings is 2. The summed E-state index contributed by atoms with van der Waals surface area (Å²) in [5, 5.41) is 2.98. The number of rotatable bonds is 6. The maximum Gasteiger partial charge on any atom is 0.193 e. The molecule has 2 rings (SSSR count). The van der Waals surface area contributed by atoms with Gasteiger partial charge in [0.25, 0.3) is 0 Å². The Morgan fingerprint density at radius 3 is 2.70 bits per heavy atom. The smallest absolute Gasteiger partial charge is 0.193 e. The molecule has 2 aromatic rings. The Labute approximate surface area is 134 Å². The third kappa shape index (κ3) is 4.88. The van der Waals surface area contributed by atoms with Crippen LogP contribution in [0.3, 0.4) is 0 Å². The molecule has 0 aliphatic carbocycles. The van der Waals surface area contributed by atoms with E-state index in [0.717, 1.165) is 5.56 Å².